The summed E-state index contributed by atoms with van der Waals surface area (Å²) in [5.74, 6) is -0.0550. The molecule has 2 amide bonds. The Bertz CT molecular complexity index is 1500. The van der Waals surface area contributed by atoms with Gasteiger partial charge in [-0.1, -0.05) is 0 Å². The second kappa shape index (κ2) is 15.6. The van der Waals surface area contributed by atoms with Crippen LogP contribution in [0.3, 0.4) is 0 Å². The number of halogens is 1. The van der Waals surface area contributed by atoms with E-state index in [1.807, 2.05) is 0 Å². The molecule has 0 radical (unpaired) electrons. The number of alkyl halides is 1. The average molecular weight is 626 g/mol. The minimum Gasteiger partial charge on any atom is -0.444 e. The van der Waals surface area contributed by atoms with Crippen LogP contribution in [0.2, 0.25) is 0 Å². The summed E-state index contributed by atoms with van der Waals surface area (Å²) in [5.41, 5.74) is 6.51. The van der Waals surface area contributed by atoms with E-state index < -0.39 is 23.8 Å². The molecule has 4 N–H and O–H groups in total. The van der Waals surface area contributed by atoms with Crippen LogP contribution in [-0.4, -0.2) is 107 Å². The Morgan fingerprint density at radius 1 is 1.16 bits per heavy atom. The largest absolute Gasteiger partial charge is 0.444 e. The van der Waals surface area contributed by atoms with Crippen molar-refractivity contribution in [2.45, 2.75) is 51.4 Å². The zero-order valence-corrected chi connectivity index (χ0v) is 25.8. The Morgan fingerprint density at radius 3 is 2.60 bits per heavy atom. The third-order valence-electron chi connectivity index (χ3n) is 6.53. The van der Waals surface area contributed by atoms with Crippen LogP contribution in [0.4, 0.5) is 14.9 Å². The highest BCUT2D eigenvalue weighted by molar-refractivity contribution is 5.99. The molecule has 1 atom stereocenters. The average Bonchev–Trinajstić information content (AvgIpc) is 3.72. The normalized spacial score (nSPS) is 13.7. The van der Waals surface area contributed by atoms with E-state index in [1.54, 1.807) is 39.1 Å². The molecule has 15 heteroatoms. The lowest BCUT2D eigenvalue weighted by molar-refractivity contribution is 0.00684. The number of amides is 2. The van der Waals surface area contributed by atoms with E-state index in [0.717, 1.165) is 12.8 Å². The molecule has 1 aliphatic carbocycles. The van der Waals surface area contributed by atoms with Gasteiger partial charge in [0.1, 0.15) is 17.8 Å². The van der Waals surface area contributed by atoms with Gasteiger partial charge < -0.3 is 35.5 Å². The molecule has 0 spiro atoms. The van der Waals surface area contributed by atoms with Crippen LogP contribution in [0.15, 0.2) is 30.7 Å². The van der Waals surface area contributed by atoms with E-state index in [-0.39, 0.29) is 51.1 Å². The topological polar surface area (TPSA) is 183 Å². The Kier molecular flexibility index (Phi) is 11.6. The SMILES string of the molecule is CC(C)(C)OC(=O)N(CCOCCN)CCOCC(F)CNC(=O)c1cnc(-n2ncc3cc(C#N)cnc32)cc1NC1CC1. The highest BCUT2D eigenvalue weighted by Gasteiger charge is 2.25. The van der Waals surface area contributed by atoms with Gasteiger partial charge in [-0.05, 0) is 39.7 Å². The van der Waals surface area contributed by atoms with Gasteiger partial charge in [0.05, 0.1) is 56.0 Å². The quantitative estimate of drug-likeness (QED) is 0.199. The number of nitrogens with zero attached hydrogens (tertiary/aromatic N) is 6. The number of carbonyl (C=O) groups excluding carboxylic acids is 2. The summed E-state index contributed by atoms with van der Waals surface area (Å²) < 4.78 is 32.5. The van der Waals surface area contributed by atoms with Crippen molar-refractivity contribution in [1.82, 2.24) is 30.0 Å². The number of ether oxygens (including phenoxy) is 3. The van der Waals surface area contributed by atoms with Crippen LogP contribution in [0.5, 0.6) is 0 Å². The molecule has 0 aromatic carbocycles. The Balaban J connectivity index is 1.30. The standard InChI is InChI=1S/C30H40FN9O5/c1-30(2,3)45-29(42)39(7-10-43-9-6-32)8-11-44-19-22(31)17-36-28(41)24-18-34-26(13-25(24)38-23-4-5-23)40-27-21(16-37-40)12-20(14-33)15-35-27/h12-13,15-16,18,22-23H,4-11,17,19,32H2,1-3H3,(H,34,38)(H,36,41). The molecule has 1 saturated carbocycles. The van der Waals surface area contributed by atoms with Crippen molar-refractivity contribution in [3.63, 3.8) is 0 Å². The summed E-state index contributed by atoms with van der Waals surface area (Å²) in [4.78, 5) is 35.8. The molecule has 1 fully saturated rings. The van der Waals surface area contributed by atoms with E-state index in [1.165, 1.54) is 22.0 Å². The van der Waals surface area contributed by atoms with Crippen molar-refractivity contribution < 1.29 is 28.2 Å². The fourth-order valence-electron chi connectivity index (χ4n) is 4.18. The first-order valence-corrected chi connectivity index (χ1v) is 14.8. The molecule has 0 aliphatic heterocycles. The number of pyridine rings is 2. The van der Waals surface area contributed by atoms with E-state index in [4.69, 9.17) is 25.2 Å². The lowest BCUT2D eigenvalue weighted by atomic mass is 10.2. The lowest BCUT2D eigenvalue weighted by Crippen LogP contribution is -2.41. The third-order valence-corrected chi connectivity index (χ3v) is 6.53. The number of rotatable bonds is 16. The summed E-state index contributed by atoms with van der Waals surface area (Å²) in [6, 6.07) is 5.67. The number of hydrogen-bond acceptors (Lipinski definition) is 11. The zero-order valence-electron chi connectivity index (χ0n) is 25.8. The number of anilines is 1. The molecule has 1 unspecified atom stereocenters. The monoisotopic (exact) mass is 625 g/mol. The molecule has 4 rings (SSSR count). The third kappa shape index (κ3) is 10.1. The first-order chi connectivity index (χ1) is 21.6. The van der Waals surface area contributed by atoms with Gasteiger partial charge >= 0.3 is 6.09 Å². The number of nitriles is 1. The number of nitrogens with one attached hydrogen (secondary N) is 2. The van der Waals surface area contributed by atoms with E-state index in [9.17, 15) is 14.0 Å². The summed E-state index contributed by atoms with van der Waals surface area (Å²) in [5, 5.41) is 20.1. The molecule has 1 aliphatic rings. The van der Waals surface area contributed by atoms with Gasteiger partial charge in [0.2, 0.25) is 0 Å². The van der Waals surface area contributed by atoms with Crippen molar-refractivity contribution in [2.75, 3.05) is 57.9 Å². The van der Waals surface area contributed by atoms with Crippen LogP contribution in [0, 0.1) is 11.3 Å². The molecular weight excluding hydrogens is 585 g/mol. The Morgan fingerprint density at radius 2 is 1.91 bits per heavy atom. The lowest BCUT2D eigenvalue weighted by Gasteiger charge is -2.27. The predicted molar refractivity (Wildman–Crippen MR) is 164 cm³/mol. The van der Waals surface area contributed by atoms with Gasteiger partial charge in [0.15, 0.2) is 11.5 Å². The summed E-state index contributed by atoms with van der Waals surface area (Å²) in [6.07, 6.45) is 4.40. The summed E-state index contributed by atoms with van der Waals surface area (Å²) in [6.45, 7) is 6.30. The maximum atomic E-state index is 14.7. The number of fused-ring (bicyclic) bond motifs is 1. The minimum atomic E-state index is -1.48. The van der Waals surface area contributed by atoms with Crippen LogP contribution in [0.25, 0.3) is 16.9 Å². The molecule has 0 saturated heterocycles. The fraction of sp³-hybridized carbons (Fsp3) is 0.533. The smallest absolute Gasteiger partial charge is 0.410 e. The van der Waals surface area contributed by atoms with Crippen molar-refractivity contribution >= 4 is 28.7 Å². The molecule has 45 heavy (non-hydrogen) atoms. The zero-order chi connectivity index (χ0) is 32.4. The number of carbonyl (C=O) groups is 2. The van der Waals surface area contributed by atoms with Crippen LogP contribution < -0.4 is 16.4 Å². The molecule has 14 nitrogen and oxygen atoms in total. The van der Waals surface area contributed by atoms with Crippen LogP contribution in [-0.2, 0) is 14.2 Å². The van der Waals surface area contributed by atoms with Crippen LogP contribution in [0.1, 0.15) is 49.5 Å². The van der Waals surface area contributed by atoms with Gasteiger partial charge in [0, 0.05) is 49.5 Å². The highest BCUT2D eigenvalue weighted by Crippen LogP contribution is 2.28. The summed E-state index contributed by atoms with van der Waals surface area (Å²) in [7, 11) is 0. The maximum absolute atomic E-state index is 14.7. The van der Waals surface area contributed by atoms with Gasteiger partial charge in [0.25, 0.3) is 5.91 Å². The van der Waals surface area contributed by atoms with Gasteiger partial charge in [-0.3, -0.25) is 4.79 Å². The van der Waals surface area contributed by atoms with E-state index >= 15 is 0 Å². The van der Waals surface area contributed by atoms with Crippen molar-refractivity contribution in [3.8, 4) is 11.9 Å². The minimum absolute atomic E-state index is 0.0696. The van der Waals surface area contributed by atoms with E-state index in [0.29, 0.717) is 41.3 Å². The van der Waals surface area contributed by atoms with Crippen LogP contribution >= 0.6 is 0 Å². The van der Waals surface area contributed by atoms with E-state index in [2.05, 4.69) is 31.8 Å². The maximum Gasteiger partial charge on any atom is 0.410 e. The molecular formula is C30H40FN9O5. The summed E-state index contributed by atoms with van der Waals surface area (Å²) >= 11 is 0. The number of hydrogen-bond donors (Lipinski definition) is 3. The fourth-order valence-corrected chi connectivity index (χ4v) is 4.18. The van der Waals surface area contributed by atoms with Gasteiger partial charge in [-0.2, -0.15) is 15.0 Å². The number of aromatic nitrogens is 4. The Hall–Kier alpha value is -4.39. The first kappa shape index (κ1) is 33.5. The van der Waals surface area contributed by atoms with Crippen molar-refractivity contribution in [2.24, 2.45) is 5.73 Å². The molecule has 3 aromatic rings. The first-order valence-electron chi connectivity index (χ1n) is 14.8. The Labute approximate surface area is 261 Å². The molecule has 3 aromatic heterocycles. The predicted octanol–water partition coefficient (Wildman–Crippen LogP) is 2.56. The van der Waals surface area contributed by atoms with Gasteiger partial charge in [-0.15, -0.1) is 0 Å². The number of nitrogens with two attached hydrogens (primary N) is 1. The molecule has 242 valence electrons. The second-order valence-corrected chi connectivity index (χ2v) is 11.6. The van der Waals surface area contributed by atoms with Gasteiger partial charge in [-0.25, -0.2) is 19.2 Å². The molecule has 3 heterocycles. The second-order valence-electron chi connectivity index (χ2n) is 11.6. The highest BCUT2D eigenvalue weighted by atomic mass is 19.1. The van der Waals surface area contributed by atoms with Crippen molar-refractivity contribution in [3.05, 3.63) is 41.9 Å². The molecule has 0 bridgehead atoms. The van der Waals surface area contributed by atoms with Crippen molar-refractivity contribution in [1.29, 1.82) is 5.26 Å².